The highest BCUT2D eigenvalue weighted by Gasteiger charge is 2.35. The molecule has 148 valence electrons. The number of amides is 1. The van der Waals surface area contributed by atoms with E-state index in [0.717, 1.165) is 50.2 Å². The van der Waals surface area contributed by atoms with E-state index in [0.29, 0.717) is 0 Å². The van der Waals surface area contributed by atoms with Gasteiger partial charge in [0.15, 0.2) is 0 Å². The van der Waals surface area contributed by atoms with Crippen molar-refractivity contribution in [1.82, 2.24) is 10.2 Å². The highest BCUT2D eigenvalue weighted by molar-refractivity contribution is 5.79. The first kappa shape index (κ1) is 19.0. The molecule has 1 saturated heterocycles. The predicted octanol–water partition coefficient (Wildman–Crippen LogP) is 4.32. The molecule has 1 amide bonds. The molecule has 0 bridgehead atoms. The molecule has 1 N–H and O–H groups in total. The standard InChI is InChI=1S/C24H30N2O2/c1-24(2)16-21(20-10-6-7-11-22(20)28-24)25-23(27)19-12-14-26(15-13-19)17-18-8-4-3-5-9-18/h3-11,19,21H,12-17H2,1-2H3,(H,25,27)/t21-/m0/s1. The summed E-state index contributed by atoms with van der Waals surface area (Å²) >= 11 is 0. The highest BCUT2D eigenvalue weighted by atomic mass is 16.5. The van der Waals surface area contributed by atoms with Gasteiger partial charge in [0.1, 0.15) is 11.4 Å². The van der Waals surface area contributed by atoms with Crippen LogP contribution in [0.25, 0.3) is 0 Å². The van der Waals surface area contributed by atoms with Crippen LogP contribution in [0.4, 0.5) is 0 Å². The average molecular weight is 379 g/mol. The Labute approximate surface area is 167 Å². The zero-order chi connectivity index (χ0) is 19.6. The van der Waals surface area contributed by atoms with Gasteiger partial charge in [0.05, 0.1) is 6.04 Å². The molecule has 4 heteroatoms. The van der Waals surface area contributed by atoms with Gasteiger partial charge in [-0.1, -0.05) is 48.5 Å². The van der Waals surface area contributed by atoms with Crippen molar-refractivity contribution in [3.63, 3.8) is 0 Å². The molecule has 2 aromatic carbocycles. The van der Waals surface area contributed by atoms with E-state index in [1.807, 2.05) is 18.2 Å². The van der Waals surface area contributed by atoms with Crippen molar-refractivity contribution in [3.8, 4) is 5.75 Å². The van der Waals surface area contributed by atoms with Gasteiger partial charge in [-0.2, -0.15) is 0 Å². The van der Waals surface area contributed by atoms with Crippen LogP contribution >= 0.6 is 0 Å². The quantitative estimate of drug-likeness (QED) is 0.862. The Morgan fingerprint density at radius 3 is 2.50 bits per heavy atom. The minimum atomic E-state index is -0.272. The monoisotopic (exact) mass is 378 g/mol. The SMILES string of the molecule is CC1(C)C[C@H](NC(=O)C2CCN(Cc3ccccc3)CC2)c2ccccc2O1. The lowest BCUT2D eigenvalue weighted by molar-refractivity contribution is -0.127. The van der Waals surface area contributed by atoms with Crippen LogP contribution in [-0.4, -0.2) is 29.5 Å². The van der Waals surface area contributed by atoms with Gasteiger partial charge >= 0.3 is 0 Å². The van der Waals surface area contributed by atoms with Crippen LogP contribution in [0.2, 0.25) is 0 Å². The smallest absolute Gasteiger partial charge is 0.223 e. The number of nitrogens with zero attached hydrogens (tertiary/aromatic N) is 1. The third kappa shape index (κ3) is 4.39. The van der Waals surface area contributed by atoms with E-state index in [1.54, 1.807) is 0 Å². The fourth-order valence-electron chi connectivity index (χ4n) is 4.42. The van der Waals surface area contributed by atoms with Gasteiger partial charge in [0.2, 0.25) is 5.91 Å². The molecular formula is C24H30N2O2. The van der Waals surface area contributed by atoms with Crippen LogP contribution in [0.3, 0.4) is 0 Å². The molecule has 0 aromatic heterocycles. The summed E-state index contributed by atoms with van der Waals surface area (Å²) in [6, 6.07) is 18.7. The molecule has 28 heavy (non-hydrogen) atoms. The third-order valence-corrected chi connectivity index (χ3v) is 5.90. The second kappa shape index (κ2) is 7.96. The van der Waals surface area contributed by atoms with Gasteiger partial charge in [-0.25, -0.2) is 0 Å². The summed E-state index contributed by atoms with van der Waals surface area (Å²) in [4.78, 5) is 15.4. The van der Waals surface area contributed by atoms with E-state index in [1.165, 1.54) is 5.56 Å². The van der Waals surface area contributed by atoms with E-state index in [4.69, 9.17) is 4.74 Å². The van der Waals surface area contributed by atoms with Crippen LogP contribution in [-0.2, 0) is 11.3 Å². The van der Waals surface area contributed by atoms with Gasteiger partial charge in [-0.05, 0) is 51.4 Å². The topological polar surface area (TPSA) is 41.6 Å². The zero-order valence-corrected chi connectivity index (χ0v) is 16.9. The van der Waals surface area contributed by atoms with Crippen LogP contribution < -0.4 is 10.1 Å². The molecule has 0 radical (unpaired) electrons. The lowest BCUT2D eigenvalue weighted by atomic mass is 9.88. The van der Waals surface area contributed by atoms with Crippen molar-refractivity contribution in [2.45, 2.75) is 51.3 Å². The second-order valence-corrected chi connectivity index (χ2v) is 8.70. The van der Waals surface area contributed by atoms with Crippen molar-refractivity contribution in [2.24, 2.45) is 5.92 Å². The molecular weight excluding hydrogens is 348 g/mol. The van der Waals surface area contributed by atoms with Crippen molar-refractivity contribution in [2.75, 3.05) is 13.1 Å². The van der Waals surface area contributed by atoms with Crippen molar-refractivity contribution < 1.29 is 9.53 Å². The van der Waals surface area contributed by atoms with Gasteiger partial charge in [-0.15, -0.1) is 0 Å². The van der Waals surface area contributed by atoms with Gasteiger partial charge in [-0.3, -0.25) is 9.69 Å². The van der Waals surface area contributed by atoms with E-state index in [9.17, 15) is 4.79 Å². The summed E-state index contributed by atoms with van der Waals surface area (Å²) < 4.78 is 6.09. The fraction of sp³-hybridized carbons (Fsp3) is 0.458. The summed E-state index contributed by atoms with van der Waals surface area (Å²) in [5.41, 5.74) is 2.16. The molecule has 0 unspecified atom stereocenters. The van der Waals surface area contributed by atoms with Crippen molar-refractivity contribution in [3.05, 3.63) is 65.7 Å². The zero-order valence-electron chi connectivity index (χ0n) is 16.9. The number of carbonyl (C=O) groups is 1. The Kier molecular flexibility index (Phi) is 5.40. The molecule has 4 rings (SSSR count). The van der Waals surface area contributed by atoms with Crippen molar-refractivity contribution in [1.29, 1.82) is 0 Å². The fourth-order valence-corrected chi connectivity index (χ4v) is 4.42. The van der Waals surface area contributed by atoms with Gasteiger partial charge in [0.25, 0.3) is 0 Å². The molecule has 0 saturated carbocycles. The maximum absolute atomic E-state index is 13.0. The number of fused-ring (bicyclic) bond motifs is 1. The number of likely N-dealkylation sites (tertiary alicyclic amines) is 1. The maximum Gasteiger partial charge on any atom is 0.223 e. The molecule has 0 spiro atoms. The molecule has 2 aliphatic heterocycles. The number of benzene rings is 2. The van der Waals surface area contributed by atoms with E-state index < -0.39 is 0 Å². The first-order valence-corrected chi connectivity index (χ1v) is 10.3. The molecule has 2 heterocycles. The Morgan fingerprint density at radius 2 is 1.75 bits per heavy atom. The summed E-state index contributed by atoms with van der Waals surface area (Å²) in [6.45, 7) is 7.09. The second-order valence-electron chi connectivity index (χ2n) is 8.70. The number of nitrogens with one attached hydrogen (secondary N) is 1. The number of carbonyl (C=O) groups excluding carboxylic acids is 1. The Hall–Kier alpha value is -2.33. The molecule has 1 fully saturated rings. The minimum absolute atomic E-state index is 0.0230. The van der Waals surface area contributed by atoms with Gasteiger partial charge < -0.3 is 10.1 Å². The minimum Gasteiger partial charge on any atom is -0.487 e. The molecule has 2 aromatic rings. The van der Waals surface area contributed by atoms with E-state index in [2.05, 4.69) is 60.5 Å². The summed E-state index contributed by atoms with van der Waals surface area (Å²) in [5.74, 6) is 1.18. The summed E-state index contributed by atoms with van der Waals surface area (Å²) in [6.07, 6.45) is 2.64. The Balaban J connectivity index is 1.35. The number of hydrogen-bond donors (Lipinski definition) is 1. The Bertz CT molecular complexity index is 810. The first-order chi connectivity index (χ1) is 13.5. The number of para-hydroxylation sites is 1. The predicted molar refractivity (Wildman–Crippen MR) is 111 cm³/mol. The van der Waals surface area contributed by atoms with Crippen LogP contribution in [0, 0.1) is 5.92 Å². The summed E-state index contributed by atoms with van der Waals surface area (Å²) in [7, 11) is 0. The number of hydrogen-bond acceptors (Lipinski definition) is 3. The lowest BCUT2D eigenvalue weighted by Crippen LogP contribution is -2.45. The Morgan fingerprint density at radius 1 is 1.07 bits per heavy atom. The lowest BCUT2D eigenvalue weighted by Gasteiger charge is -2.39. The number of piperidine rings is 1. The van der Waals surface area contributed by atoms with Crippen LogP contribution in [0.15, 0.2) is 54.6 Å². The average Bonchev–Trinajstić information content (AvgIpc) is 2.68. The number of rotatable bonds is 4. The summed E-state index contributed by atoms with van der Waals surface area (Å²) in [5, 5.41) is 3.33. The molecule has 2 aliphatic rings. The van der Waals surface area contributed by atoms with Crippen LogP contribution in [0.5, 0.6) is 5.75 Å². The van der Waals surface area contributed by atoms with E-state index >= 15 is 0 Å². The molecule has 1 atom stereocenters. The maximum atomic E-state index is 13.0. The van der Waals surface area contributed by atoms with Crippen molar-refractivity contribution >= 4 is 5.91 Å². The largest absolute Gasteiger partial charge is 0.487 e. The number of ether oxygens (including phenoxy) is 1. The van der Waals surface area contributed by atoms with Crippen LogP contribution in [0.1, 0.15) is 50.3 Å². The first-order valence-electron chi connectivity index (χ1n) is 10.3. The normalized spacial score (nSPS) is 22.1. The van der Waals surface area contributed by atoms with Gasteiger partial charge in [0, 0.05) is 24.4 Å². The molecule has 0 aliphatic carbocycles. The third-order valence-electron chi connectivity index (χ3n) is 5.90. The highest BCUT2D eigenvalue weighted by Crippen LogP contribution is 2.39. The molecule has 4 nitrogen and oxygen atoms in total. The van der Waals surface area contributed by atoms with E-state index in [-0.39, 0.29) is 23.5 Å².